The molecule has 0 fully saturated rings. The lowest BCUT2D eigenvalue weighted by Gasteiger charge is -2.19. The fourth-order valence-corrected chi connectivity index (χ4v) is 4.59. The second-order valence-electron chi connectivity index (χ2n) is 4.71. The van der Waals surface area contributed by atoms with Crippen molar-refractivity contribution in [2.45, 2.75) is 19.4 Å². The van der Waals surface area contributed by atoms with Crippen LogP contribution in [0, 0.1) is 0 Å². The maximum Gasteiger partial charge on any atom is 0.0700 e. The molecule has 0 radical (unpaired) electrons. The second kappa shape index (κ2) is 6.27. The molecule has 1 unspecified atom stereocenters. The van der Waals surface area contributed by atoms with Crippen LogP contribution in [-0.4, -0.2) is 6.54 Å². The van der Waals surface area contributed by atoms with Gasteiger partial charge in [0.1, 0.15) is 0 Å². The first-order valence-electron chi connectivity index (χ1n) is 6.73. The molecule has 0 bridgehead atoms. The Morgan fingerprint density at radius 3 is 2.75 bits per heavy atom. The number of fused-ring (bicyclic) bond motifs is 1. The molecular weight excluding hydrogens is 306 g/mol. The van der Waals surface area contributed by atoms with Crippen molar-refractivity contribution in [2.75, 3.05) is 6.54 Å². The molecule has 3 rings (SSSR count). The van der Waals surface area contributed by atoms with Crippen LogP contribution >= 0.6 is 34.3 Å². The molecule has 0 aliphatic rings. The lowest BCUT2D eigenvalue weighted by atomic mass is 10.0. The van der Waals surface area contributed by atoms with Crippen LogP contribution in [0.5, 0.6) is 0 Å². The van der Waals surface area contributed by atoms with E-state index in [4.69, 9.17) is 11.6 Å². The van der Waals surface area contributed by atoms with Gasteiger partial charge in [-0.15, -0.1) is 22.7 Å². The third-order valence-corrected chi connectivity index (χ3v) is 5.73. The Morgan fingerprint density at radius 2 is 2.00 bits per heavy atom. The first kappa shape index (κ1) is 14.1. The van der Waals surface area contributed by atoms with Gasteiger partial charge in [0.05, 0.1) is 11.1 Å². The SMILES string of the molecule is CCCNC(c1sccc1Cl)c1cccc2ccsc12. The molecule has 2 heterocycles. The van der Waals surface area contributed by atoms with E-state index in [0.717, 1.165) is 18.0 Å². The van der Waals surface area contributed by atoms with Crippen molar-refractivity contribution in [3.63, 3.8) is 0 Å². The van der Waals surface area contributed by atoms with Crippen molar-refractivity contribution in [1.29, 1.82) is 0 Å². The number of halogens is 1. The quantitative estimate of drug-likeness (QED) is 0.635. The molecule has 0 spiro atoms. The molecule has 2 aromatic heterocycles. The van der Waals surface area contributed by atoms with Gasteiger partial charge in [-0.3, -0.25) is 0 Å². The Bertz CT molecular complexity index is 701. The van der Waals surface area contributed by atoms with Crippen LogP contribution < -0.4 is 5.32 Å². The number of hydrogen-bond acceptors (Lipinski definition) is 3. The van der Waals surface area contributed by atoms with Crippen molar-refractivity contribution in [3.8, 4) is 0 Å². The number of rotatable bonds is 5. The molecule has 20 heavy (non-hydrogen) atoms. The maximum atomic E-state index is 6.36. The van der Waals surface area contributed by atoms with Gasteiger partial charge in [0.25, 0.3) is 0 Å². The van der Waals surface area contributed by atoms with E-state index in [1.807, 2.05) is 6.07 Å². The smallest absolute Gasteiger partial charge is 0.0700 e. The van der Waals surface area contributed by atoms with Gasteiger partial charge in [0, 0.05) is 9.58 Å². The monoisotopic (exact) mass is 321 g/mol. The first-order chi connectivity index (χ1) is 9.81. The average Bonchev–Trinajstić information content (AvgIpc) is 3.09. The Labute approximate surface area is 132 Å². The number of hydrogen-bond donors (Lipinski definition) is 1. The van der Waals surface area contributed by atoms with Gasteiger partial charge in [0.15, 0.2) is 0 Å². The van der Waals surface area contributed by atoms with Crippen LogP contribution in [0.4, 0.5) is 0 Å². The maximum absolute atomic E-state index is 6.36. The van der Waals surface area contributed by atoms with E-state index >= 15 is 0 Å². The molecule has 4 heteroatoms. The minimum atomic E-state index is 0.185. The Morgan fingerprint density at radius 1 is 1.15 bits per heavy atom. The lowest BCUT2D eigenvalue weighted by Crippen LogP contribution is -2.22. The summed E-state index contributed by atoms with van der Waals surface area (Å²) < 4.78 is 1.35. The van der Waals surface area contributed by atoms with Gasteiger partial charge in [-0.25, -0.2) is 0 Å². The van der Waals surface area contributed by atoms with Crippen molar-refractivity contribution >= 4 is 44.4 Å². The number of nitrogens with one attached hydrogen (secondary N) is 1. The normalized spacial score (nSPS) is 12.9. The van der Waals surface area contributed by atoms with Gasteiger partial charge in [0.2, 0.25) is 0 Å². The average molecular weight is 322 g/mol. The molecular formula is C16H16ClNS2. The van der Waals surface area contributed by atoms with E-state index in [9.17, 15) is 0 Å². The van der Waals surface area contributed by atoms with Crippen LogP contribution in [0.2, 0.25) is 5.02 Å². The predicted molar refractivity (Wildman–Crippen MR) is 91.3 cm³/mol. The zero-order valence-corrected chi connectivity index (χ0v) is 13.6. The minimum Gasteiger partial charge on any atom is -0.306 e. The lowest BCUT2D eigenvalue weighted by molar-refractivity contribution is 0.609. The molecule has 1 nitrogen and oxygen atoms in total. The summed E-state index contributed by atoms with van der Waals surface area (Å²) in [5.41, 5.74) is 1.33. The van der Waals surface area contributed by atoms with Crippen LogP contribution in [0.3, 0.4) is 0 Å². The molecule has 3 aromatic rings. The molecule has 0 saturated carbocycles. The predicted octanol–water partition coefficient (Wildman–Crippen LogP) is 5.71. The van der Waals surface area contributed by atoms with Crippen molar-refractivity contribution in [2.24, 2.45) is 0 Å². The van der Waals surface area contributed by atoms with E-state index < -0.39 is 0 Å². The van der Waals surface area contributed by atoms with E-state index in [-0.39, 0.29) is 6.04 Å². The third kappa shape index (κ3) is 2.63. The summed E-state index contributed by atoms with van der Waals surface area (Å²) in [6.07, 6.45) is 1.11. The van der Waals surface area contributed by atoms with Gasteiger partial charge in [-0.2, -0.15) is 0 Å². The number of benzene rings is 1. The summed E-state index contributed by atoms with van der Waals surface area (Å²) >= 11 is 9.89. The summed E-state index contributed by atoms with van der Waals surface area (Å²) in [6, 6.07) is 10.9. The zero-order valence-electron chi connectivity index (χ0n) is 11.2. The summed E-state index contributed by atoms with van der Waals surface area (Å²) in [5.74, 6) is 0. The fraction of sp³-hybridized carbons (Fsp3) is 0.250. The van der Waals surface area contributed by atoms with Gasteiger partial charge >= 0.3 is 0 Å². The molecule has 1 aromatic carbocycles. The van der Waals surface area contributed by atoms with Crippen LogP contribution in [0.1, 0.15) is 29.8 Å². The van der Waals surface area contributed by atoms with Gasteiger partial charge in [-0.05, 0) is 46.8 Å². The molecule has 1 atom stereocenters. The standard InChI is InChI=1S/C16H16ClNS2/c1-2-8-18-14(16-13(17)7-10-20-16)12-5-3-4-11-6-9-19-15(11)12/h3-7,9-10,14,18H,2,8H2,1H3. The van der Waals surface area contributed by atoms with Crippen molar-refractivity contribution in [1.82, 2.24) is 5.32 Å². The minimum absolute atomic E-state index is 0.185. The molecule has 0 aliphatic carbocycles. The summed E-state index contributed by atoms with van der Waals surface area (Å²) in [5, 5.41) is 10.0. The van der Waals surface area contributed by atoms with E-state index in [1.54, 1.807) is 22.7 Å². The van der Waals surface area contributed by atoms with Gasteiger partial charge < -0.3 is 5.32 Å². The van der Waals surface area contributed by atoms with Gasteiger partial charge in [-0.1, -0.05) is 36.7 Å². The second-order valence-corrected chi connectivity index (χ2v) is 6.98. The Hall–Kier alpha value is -0.870. The molecule has 0 amide bonds. The van der Waals surface area contributed by atoms with Crippen LogP contribution in [0.15, 0.2) is 41.1 Å². The number of thiophene rings is 2. The Kier molecular flexibility index (Phi) is 4.41. The van der Waals surface area contributed by atoms with Crippen molar-refractivity contribution in [3.05, 3.63) is 56.6 Å². The molecule has 0 aliphatic heterocycles. The molecule has 1 N–H and O–H groups in total. The van der Waals surface area contributed by atoms with E-state index in [1.165, 1.54) is 20.5 Å². The van der Waals surface area contributed by atoms with Crippen LogP contribution in [-0.2, 0) is 0 Å². The fourth-order valence-electron chi connectivity index (χ4n) is 2.39. The highest BCUT2D eigenvalue weighted by Gasteiger charge is 2.20. The van der Waals surface area contributed by atoms with Crippen LogP contribution in [0.25, 0.3) is 10.1 Å². The topological polar surface area (TPSA) is 12.0 Å². The van der Waals surface area contributed by atoms with Crippen molar-refractivity contribution < 1.29 is 0 Å². The Balaban J connectivity index is 2.09. The summed E-state index contributed by atoms with van der Waals surface area (Å²) in [4.78, 5) is 1.21. The summed E-state index contributed by atoms with van der Waals surface area (Å²) in [6.45, 7) is 3.17. The highest BCUT2D eigenvalue weighted by atomic mass is 35.5. The third-order valence-electron chi connectivity index (χ3n) is 3.33. The highest BCUT2D eigenvalue weighted by molar-refractivity contribution is 7.17. The van der Waals surface area contributed by atoms with E-state index in [0.29, 0.717) is 0 Å². The highest BCUT2D eigenvalue weighted by Crippen LogP contribution is 2.37. The zero-order chi connectivity index (χ0) is 13.9. The molecule has 0 saturated heterocycles. The first-order valence-corrected chi connectivity index (χ1v) is 8.87. The summed E-state index contributed by atoms with van der Waals surface area (Å²) in [7, 11) is 0. The molecule has 104 valence electrons. The van der Waals surface area contributed by atoms with E-state index in [2.05, 4.69) is 47.3 Å². The largest absolute Gasteiger partial charge is 0.306 e.